The molecule has 0 saturated heterocycles. The van der Waals surface area contributed by atoms with E-state index in [0.29, 0.717) is 23.6 Å². The predicted molar refractivity (Wildman–Crippen MR) is 107 cm³/mol. The average Bonchev–Trinajstić information content (AvgIpc) is 2.74. The number of hydrazine groups is 1. The number of rotatable bonds is 8. The van der Waals surface area contributed by atoms with Crippen LogP contribution in [0.3, 0.4) is 0 Å². The van der Waals surface area contributed by atoms with Crippen LogP contribution >= 0.6 is 0 Å². The lowest BCUT2D eigenvalue weighted by Crippen LogP contribution is -2.30. The van der Waals surface area contributed by atoms with Crippen LogP contribution in [0, 0.1) is 10.1 Å². The van der Waals surface area contributed by atoms with E-state index in [0.717, 1.165) is 6.33 Å². The summed E-state index contributed by atoms with van der Waals surface area (Å²) in [6.45, 7) is 2.41. The Kier molecular flexibility index (Phi) is 6.15. The first-order valence-corrected chi connectivity index (χ1v) is 8.69. The van der Waals surface area contributed by atoms with Gasteiger partial charge in [0.1, 0.15) is 12.1 Å². The molecule has 1 heterocycles. The highest BCUT2D eigenvalue weighted by Gasteiger charge is 2.23. The van der Waals surface area contributed by atoms with Gasteiger partial charge in [-0.25, -0.2) is 9.97 Å². The van der Waals surface area contributed by atoms with Gasteiger partial charge in [0.2, 0.25) is 11.6 Å². The molecule has 29 heavy (non-hydrogen) atoms. The molecule has 10 nitrogen and oxygen atoms in total. The van der Waals surface area contributed by atoms with E-state index in [9.17, 15) is 14.9 Å². The molecule has 1 amide bonds. The number of nitro groups is 1. The van der Waals surface area contributed by atoms with Crippen LogP contribution in [-0.4, -0.2) is 27.4 Å². The van der Waals surface area contributed by atoms with Gasteiger partial charge in [-0.1, -0.05) is 18.2 Å². The lowest BCUT2D eigenvalue weighted by atomic mass is 10.2. The van der Waals surface area contributed by atoms with E-state index < -0.39 is 16.5 Å². The molecule has 1 aromatic heterocycles. The number of nitrogens with zero attached hydrogens (tertiary/aromatic N) is 3. The number of benzene rings is 2. The highest BCUT2D eigenvalue weighted by Crippen LogP contribution is 2.31. The Morgan fingerprint density at radius 2 is 1.76 bits per heavy atom. The molecule has 2 aromatic carbocycles. The van der Waals surface area contributed by atoms with Gasteiger partial charge in [0.25, 0.3) is 5.91 Å². The van der Waals surface area contributed by atoms with Gasteiger partial charge in [0.05, 0.1) is 11.5 Å². The summed E-state index contributed by atoms with van der Waals surface area (Å²) >= 11 is 0. The largest absolute Gasteiger partial charge is 0.494 e. The van der Waals surface area contributed by atoms with Crippen LogP contribution in [0.25, 0.3) is 0 Å². The molecular formula is C19H18N6O4. The van der Waals surface area contributed by atoms with Gasteiger partial charge in [-0.15, -0.1) is 0 Å². The van der Waals surface area contributed by atoms with Crippen molar-refractivity contribution in [3.8, 4) is 5.75 Å². The Morgan fingerprint density at radius 3 is 2.41 bits per heavy atom. The third-order valence-corrected chi connectivity index (χ3v) is 3.76. The molecule has 0 unspecified atom stereocenters. The zero-order valence-electron chi connectivity index (χ0n) is 15.5. The minimum Gasteiger partial charge on any atom is -0.494 e. The maximum absolute atomic E-state index is 12.1. The zero-order chi connectivity index (χ0) is 20.6. The molecule has 0 radical (unpaired) electrons. The monoisotopic (exact) mass is 394 g/mol. The van der Waals surface area contributed by atoms with Crippen molar-refractivity contribution >= 4 is 28.9 Å². The van der Waals surface area contributed by atoms with Crippen LogP contribution in [0.2, 0.25) is 0 Å². The van der Waals surface area contributed by atoms with Crippen molar-refractivity contribution in [3.05, 3.63) is 76.6 Å². The summed E-state index contributed by atoms with van der Waals surface area (Å²) in [6.07, 6.45) is 1.15. The molecule has 0 aliphatic rings. The van der Waals surface area contributed by atoms with Crippen molar-refractivity contribution in [1.29, 1.82) is 0 Å². The molecule has 0 aliphatic heterocycles. The first-order valence-electron chi connectivity index (χ1n) is 8.69. The number of aromatic nitrogens is 2. The molecule has 0 bridgehead atoms. The molecule has 3 N–H and O–H groups in total. The number of anilines is 3. The van der Waals surface area contributed by atoms with Crippen LogP contribution < -0.4 is 20.9 Å². The SMILES string of the molecule is CCOc1ccc(Nc2ncnc(NNC(=O)c3ccccc3)c2[N+](=O)[O-])cc1. The molecule has 148 valence electrons. The van der Waals surface area contributed by atoms with Crippen molar-refractivity contribution in [1.82, 2.24) is 15.4 Å². The second kappa shape index (κ2) is 9.13. The second-order valence-electron chi connectivity index (χ2n) is 5.70. The van der Waals surface area contributed by atoms with Crippen LogP contribution in [-0.2, 0) is 0 Å². The van der Waals surface area contributed by atoms with Gasteiger partial charge in [-0.3, -0.25) is 25.8 Å². The van der Waals surface area contributed by atoms with Crippen LogP contribution in [0.15, 0.2) is 60.9 Å². The maximum Gasteiger partial charge on any atom is 0.355 e. The number of ether oxygens (including phenoxy) is 1. The molecule has 0 aliphatic carbocycles. The fourth-order valence-electron chi connectivity index (χ4n) is 2.45. The van der Waals surface area contributed by atoms with Crippen molar-refractivity contribution < 1.29 is 14.5 Å². The van der Waals surface area contributed by atoms with Crippen molar-refractivity contribution in [2.45, 2.75) is 6.92 Å². The maximum atomic E-state index is 12.1. The minimum absolute atomic E-state index is 0.0226. The second-order valence-corrected chi connectivity index (χ2v) is 5.70. The van der Waals surface area contributed by atoms with Crippen LogP contribution in [0.5, 0.6) is 5.75 Å². The normalized spacial score (nSPS) is 10.1. The highest BCUT2D eigenvalue weighted by molar-refractivity contribution is 5.95. The molecular weight excluding hydrogens is 376 g/mol. The van der Waals surface area contributed by atoms with E-state index in [4.69, 9.17) is 4.74 Å². The molecule has 0 saturated carbocycles. The highest BCUT2D eigenvalue weighted by atomic mass is 16.6. The number of hydrogen-bond donors (Lipinski definition) is 3. The summed E-state index contributed by atoms with van der Waals surface area (Å²) in [7, 11) is 0. The zero-order valence-corrected chi connectivity index (χ0v) is 15.5. The lowest BCUT2D eigenvalue weighted by molar-refractivity contribution is -0.383. The van der Waals surface area contributed by atoms with Gasteiger partial charge >= 0.3 is 5.69 Å². The van der Waals surface area contributed by atoms with E-state index >= 15 is 0 Å². The van der Waals surface area contributed by atoms with E-state index in [1.807, 2.05) is 6.92 Å². The van der Waals surface area contributed by atoms with Crippen molar-refractivity contribution in [2.75, 3.05) is 17.3 Å². The summed E-state index contributed by atoms with van der Waals surface area (Å²) in [5.74, 6) is 0.0501. The lowest BCUT2D eigenvalue weighted by Gasteiger charge is -2.11. The first kappa shape index (κ1) is 19.5. The summed E-state index contributed by atoms with van der Waals surface area (Å²) in [5.41, 5.74) is 5.45. The van der Waals surface area contributed by atoms with E-state index in [1.54, 1.807) is 54.6 Å². The molecule has 3 aromatic rings. The topological polar surface area (TPSA) is 131 Å². The minimum atomic E-state index is -0.631. The molecule has 0 atom stereocenters. The summed E-state index contributed by atoms with van der Waals surface area (Å²) < 4.78 is 5.37. The molecule has 0 fully saturated rings. The molecule has 0 spiro atoms. The van der Waals surface area contributed by atoms with Gasteiger partial charge in [0.15, 0.2) is 0 Å². The Bertz CT molecular complexity index is 995. The molecule has 3 rings (SSSR count). The van der Waals surface area contributed by atoms with E-state index in [-0.39, 0.29) is 11.6 Å². The third-order valence-electron chi connectivity index (χ3n) is 3.76. The van der Waals surface area contributed by atoms with Crippen molar-refractivity contribution in [2.24, 2.45) is 0 Å². The standard InChI is InChI=1S/C19H18N6O4/c1-2-29-15-10-8-14(9-11-15)22-17-16(25(27)28)18(21-12-20-17)23-24-19(26)13-6-4-3-5-7-13/h3-12H,2H2,1H3,(H,24,26)(H2,20,21,22,23). The Balaban J connectivity index is 1.78. The summed E-state index contributed by atoms with van der Waals surface area (Å²) in [5, 5.41) is 14.5. The van der Waals surface area contributed by atoms with Crippen LogP contribution in [0.4, 0.5) is 23.0 Å². The average molecular weight is 394 g/mol. The Morgan fingerprint density at radius 1 is 1.07 bits per heavy atom. The van der Waals surface area contributed by atoms with Gasteiger partial charge in [-0.2, -0.15) is 0 Å². The number of nitrogens with one attached hydrogen (secondary N) is 3. The predicted octanol–water partition coefficient (Wildman–Crippen LogP) is 3.28. The summed E-state index contributed by atoms with van der Waals surface area (Å²) in [6, 6.07) is 15.3. The number of carbonyl (C=O) groups excluding carboxylic acids is 1. The summed E-state index contributed by atoms with van der Waals surface area (Å²) in [4.78, 5) is 30.9. The van der Waals surface area contributed by atoms with Gasteiger partial charge < -0.3 is 10.1 Å². The van der Waals surface area contributed by atoms with Gasteiger partial charge in [0, 0.05) is 11.3 Å². The fourth-order valence-corrected chi connectivity index (χ4v) is 2.45. The molecule has 10 heteroatoms. The number of carbonyl (C=O) groups is 1. The Labute approximate surface area is 166 Å². The fraction of sp³-hybridized carbons (Fsp3) is 0.105. The smallest absolute Gasteiger partial charge is 0.355 e. The third kappa shape index (κ3) is 4.95. The quantitative estimate of drug-likeness (QED) is 0.392. The van der Waals surface area contributed by atoms with Gasteiger partial charge in [-0.05, 0) is 43.3 Å². The number of amides is 1. The van der Waals surface area contributed by atoms with E-state index in [1.165, 1.54) is 0 Å². The van der Waals surface area contributed by atoms with Crippen LogP contribution in [0.1, 0.15) is 17.3 Å². The van der Waals surface area contributed by atoms with E-state index in [2.05, 4.69) is 26.1 Å². The number of hydrogen-bond acceptors (Lipinski definition) is 8. The first-order chi connectivity index (χ1) is 14.1. The van der Waals surface area contributed by atoms with Crippen molar-refractivity contribution in [3.63, 3.8) is 0 Å². The Hall–Kier alpha value is -4.21.